The predicted molar refractivity (Wildman–Crippen MR) is 99.0 cm³/mol. The molecular weight excluding hydrogens is 354 g/mol. The van der Waals surface area contributed by atoms with Crippen LogP contribution in [0.4, 0.5) is 0 Å². The third-order valence-electron chi connectivity index (χ3n) is 4.12. The van der Waals surface area contributed by atoms with Crippen LogP contribution in [0.1, 0.15) is 27.2 Å². The Labute approximate surface area is 154 Å². The van der Waals surface area contributed by atoms with Crippen LogP contribution < -0.4 is 10.3 Å². The summed E-state index contributed by atoms with van der Waals surface area (Å²) in [5.74, 6) is 0.264. The smallest absolute Gasteiger partial charge is 0.337 e. The van der Waals surface area contributed by atoms with E-state index in [1.807, 2.05) is 13.8 Å². The summed E-state index contributed by atoms with van der Waals surface area (Å²) >= 11 is 1.49. The van der Waals surface area contributed by atoms with Gasteiger partial charge in [-0.25, -0.2) is 9.48 Å². The van der Waals surface area contributed by atoms with Crippen LogP contribution >= 0.6 is 11.3 Å². The molecule has 0 aliphatic heterocycles. The Morgan fingerprint density at radius 2 is 1.96 bits per heavy atom. The van der Waals surface area contributed by atoms with Gasteiger partial charge in [-0.15, -0.1) is 16.4 Å². The van der Waals surface area contributed by atoms with Crippen LogP contribution in [0.5, 0.6) is 5.75 Å². The van der Waals surface area contributed by atoms with E-state index < -0.39 is 0 Å². The van der Waals surface area contributed by atoms with Gasteiger partial charge in [-0.3, -0.25) is 4.79 Å². The summed E-state index contributed by atoms with van der Waals surface area (Å²) in [4.78, 5) is 25.7. The van der Waals surface area contributed by atoms with Gasteiger partial charge in [0, 0.05) is 17.8 Å². The fraction of sp³-hybridized carbons (Fsp3) is 0.333. The SMILES string of the molecule is COC(=O)c1ccc(OCCCn2nnc3sc(C)c(C)c3c2=O)cc1. The molecule has 0 saturated carbocycles. The molecule has 0 fully saturated rings. The zero-order valence-electron chi connectivity index (χ0n) is 14.8. The lowest BCUT2D eigenvalue weighted by molar-refractivity contribution is 0.0600. The molecule has 3 rings (SSSR count). The molecule has 0 amide bonds. The molecule has 0 N–H and O–H groups in total. The van der Waals surface area contributed by atoms with Gasteiger partial charge < -0.3 is 9.47 Å². The molecular formula is C18H19N3O4S. The number of benzene rings is 1. The molecule has 26 heavy (non-hydrogen) atoms. The number of aryl methyl sites for hydroxylation is 3. The average molecular weight is 373 g/mol. The first-order valence-electron chi connectivity index (χ1n) is 8.16. The summed E-state index contributed by atoms with van der Waals surface area (Å²) in [6, 6.07) is 6.71. The van der Waals surface area contributed by atoms with E-state index in [0.29, 0.717) is 41.1 Å². The number of fused-ring (bicyclic) bond motifs is 1. The van der Waals surface area contributed by atoms with Crippen LogP contribution in [0.25, 0.3) is 10.2 Å². The molecule has 0 aliphatic rings. The number of carbonyl (C=O) groups is 1. The molecule has 0 saturated heterocycles. The van der Waals surface area contributed by atoms with Crippen molar-refractivity contribution < 1.29 is 14.3 Å². The Balaban J connectivity index is 1.59. The number of hydrogen-bond acceptors (Lipinski definition) is 7. The first-order valence-corrected chi connectivity index (χ1v) is 8.97. The number of carbonyl (C=O) groups excluding carboxylic acids is 1. The second kappa shape index (κ2) is 7.65. The maximum absolute atomic E-state index is 12.5. The highest BCUT2D eigenvalue weighted by Crippen LogP contribution is 2.24. The molecule has 0 bridgehead atoms. The van der Waals surface area contributed by atoms with Crippen molar-refractivity contribution in [3.05, 3.63) is 50.6 Å². The summed E-state index contributed by atoms with van der Waals surface area (Å²) in [5.41, 5.74) is 1.33. The minimum Gasteiger partial charge on any atom is -0.494 e. The van der Waals surface area contributed by atoms with Crippen molar-refractivity contribution in [3.63, 3.8) is 0 Å². The molecule has 3 aromatic rings. The molecule has 0 unspecified atom stereocenters. The topological polar surface area (TPSA) is 83.3 Å². The minimum atomic E-state index is -0.385. The maximum atomic E-state index is 12.5. The van der Waals surface area contributed by atoms with Gasteiger partial charge in [-0.2, -0.15) is 0 Å². The fourth-order valence-electron chi connectivity index (χ4n) is 2.55. The van der Waals surface area contributed by atoms with Gasteiger partial charge in [0.25, 0.3) is 5.56 Å². The molecule has 2 heterocycles. The van der Waals surface area contributed by atoms with E-state index in [-0.39, 0.29) is 11.5 Å². The second-order valence-electron chi connectivity index (χ2n) is 5.80. The van der Waals surface area contributed by atoms with E-state index in [1.165, 1.54) is 23.1 Å². The highest BCUT2D eigenvalue weighted by molar-refractivity contribution is 7.18. The number of esters is 1. The van der Waals surface area contributed by atoms with E-state index in [1.54, 1.807) is 24.3 Å². The molecule has 1 aromatic carbocycles. The van der Waals surface area contributed by atoms with Gasteiger partial charge in [-0.1, -0.05) is 5.21 Å². The number of thiophene rings is 1. The van der Waals surface area contributed by atoms with Gasteiger partial charge >= 0.3 is 5.97 Å². The summed E-state index contributed by atoms with van der Waals surface area (Å²) in [6.45, 7) is 4.76. The van der Waals surface area contributed by atoms with Crippen LogP contribution in [0, 0.1) is 13.8 Å². The van der Waals surface area contributed by atoms with E-state index in [2.05, 4.69) is 15.0 Å². The van der Waals surface area contributed by atoms with Gasteiger partial charge in [0.1, 0.15) is 5.75 Å². The van der Waals surface area contributed by atoms with Gasteiger partial charge in [0.15, 0.2) is 4.83 Å². The van der Waals surface area contributed by atoms with Gasteiger partial charge in [-0.05, 0) is 43.7 Å². The Kier molecular flexibility index (Phi) is 5.32. The minimum absolute atomic E-state index is 0.112. The zero-order valence-corrected chi connectivity index (χ0v) is 15.6. The van der Waals surface area contributed by atoms with Crippen molar-refractivity contribution in [2.45, 2.75) is 26.8 Å². The molecule has 8 heteroatoms. The number of hydrogen-bond donors (Lipinski definition) is 0. The van der Waals surface area contributed by atoms with Crippen LogP contribution in [-0.4, -0.2) is 34.7 Å². The van der Waals surface area contributed by atoms with Gasteiger partial charge in [0.05, 0.1) is 24.7 Å². The second-order valence-corrected chi connectivity index (χ2v) is 7.00. The van der Waals surface area contributed by atoms with E-state index in [9.17, 15) is 9.59 Å². The Morgan fingerprint density at radius 3 is 2.65 bits per heavy atom. The number of aromatic nitrogens is 3. The number of rotatable bonds is 6. The summed E-state index contributed by atoms with van der Waals surface area (Å²) in [5, 5.41) is 8.80. The van der Waals surface area contributed by atoms with E-state index in [0.717, 1.165) is 10.4 Å². The Morgan fingerprint density at radius 1 is 1.23 bits per heavy atom. The first kappa shape index (κ1) is 18.1. The average Bonchev–Trinajstić information content (AvgIpc) is 2.95. The van der Waals surface area contributed by atoms with Crippen molar-refractivity contribution in [1.82, 2.24) is 15.0 Å². The Bertz CT molecular complexity index is 992. The van der Waals surface area contributed by atoms with Crippen molar-refractivity contribution in [2.75, 3.05) is 13.7 Å². The molecule has 2 aromatic heterocycles. The van der Waals surface area contributed by atoms with Crippen molar-refractivity contribution in [2.24, 2.45) is 0 Å². The summed E-state index contributed by atoms with van der Waals surface area (Å²) in [6.07, 6.45) is 0.612. The standard InChI is InChI=1S/C18H19N3O4S/c1-11-12(2)26-16-15(11)17(22)21(20-19-16)9-4-10-25-14-7-5-13(6-8-14)18(23)24-3/h5-8H,4,9-10H2,1-3H3. The normalized spacial score (nSPS) is 10.9. The lowest BCUT2D eigenvalue weighted by Gasteiger charge is -2.07. The monoisotopic (exact) mass is 373 g/mol. The number of ether oxygens (including phenoxy) is 2. The fourth-order valence-corrected chi connectivity index (χ4v) is 3.52. The quantitative estimate of drug-likeness (QED) is 0.488. The lowest BCUT2D eigenvalue weighted by Crippen LogP contribution is -2.25. The van der Waals surface area contributed by atoms with Crippen LogP contribution in [0.2, 0.25) is 0 Å². The zero-order chi connectivity index (χ0) is 18.7. The molecule has 136 valence electrons. The molecule has 0 spiro atoms. The molecule has 0 aliphatic carbocycles. The highest BCUT2D eigenvalue weighted by atomic mass is 32.1. The predicted octanol–water partition coefficient (Wildman–Crippen LogP) is 2.73. The third kappa shape index (κ3) is 3.60. The van der Waals surface area contributed by atoms with Crippen LogP contribution in [-0.2, 0) is 11.3 Å². The highest BCUT2D eigenvalue weighted by Gasteiger charge is 2.13. The molecule has 0 radical (unpaired) electrons. The van der Waals surface area contributed by atoms with E-state index in [4.69, 9.17) is 4.74 Å². The first-order chi connectivity index (χ1) is 12.5. The largest absolute Gasteiger partial charge is 0.494 e. The molecule has 7 nitrogen and oxygen atoms in total. The van der Waals surface area contributed by atoms with Crippen molar-refractivity contribution in [1.29, 1.82) is 0 Å². The van der Waals surface area contributed by atoms with Gasteiger partial charge in [0.2, 0.25) is 0 Å². The molecule has 0 atom stereocenters. The number of nitrogens with zero attached hydrogens (tertiary/aromatic N) is 3. The van der Waals surface area contributed by atoms with Crippen molar-refractivity contribution >= 4 is 27.5 Å². The lowest BCUT2D eigenvalue weighted by atomic mass is 10.2. The number of methoxy groups -OCH3 is 1. The van der Waals surface area contributed by atoms with E-state index >= 15 is 0 Å². The van der Waals surface area contributed by atoms with Crippen LogP contribution in [0.3, 0.4) is 0 Å². The maximum Gasteiger partial charge on any atom is 0.337 e. The summed E-state index contributed by atoms with van der Waals surface area (Å²) in [7, 11) is 1.34. The van der Waals surface area contributed by atoms with Crippen molar-refractivity contribution in [3.8, 4) is 5.75 Å². The van der Waals surface area contributed by atoms with Crippen LogP contribution in [0.15, 0.2) is 29.1 Å². The Hall–Kier alpha value is -2.74. The third-order valence-corrected chi connectivity index (χ3v) is 5.21. The summed E-state index contributed by atoms with van der Waals surface area (Å²) < 4.78 is 11.7.